The highest BCUT2D eigenvalue weighted by molar-refractivity contribution is 5.53. The second-order valence-corrected chi connectivity index (χ2v) is 7.73. The lowest BCUT2D eigenvalue weighted by Gasteiger charge is -2.23. The minimum absolute atomic E-state index is 0.00391. The van der Waals surface area contributed by atoms with Gasteiger partial charge in [0.15, 0.2) is 0 Å². The van der Waals surface area contributed by atoms with Crippen LogP contribution in [0.5, 0.6) is 0 Å². The third kappa shape index (κ3) is 5.24. The first kappa shape index (κ1) is 23.4. The maximum absolute atomic E-state index is 13.7. The molecule has 3 nitrogen and oxygen atoms in total. The van der Waals surface area contributed by atoms with Crippen molar-refractivity contribution in [3.8, 4) is 0 Å². The quantitative estimate of drug-likeness (QED) is 0.289. The summed E-state index contributed by atoms with van der Waals surface area (Å²) < 4.78 is 81.2. The molecule has 1 heterocycles. The Kier molecular flexibility index (Phi) is 6.37. The molecule has 4 aromatic rings. The Hall–Kier alpha value is -3.75. The number of nitrogens with zero attached hydrogens (tertiary/aromatic N) is 1. The minimum Gasteiger partial charge on any atom is -0.374 e. The van der Waals surface area contributed by atoms with Gasteiger partial charge in [0.1, 0.15) is 0 Å². The summed E-state index contributed by atoms with van der Waals surface area (Å²) in [5.41, 5.74) is 0.129. The van der Waals surface area contributed by atoms with Gasteiger partial charge in [-0.2, -0.15) is 31.4 Å². The number of nitrogens with one attached hydrogen (secondary N) is 2. The molecule has 2 N–H and O–H groups in total. The molecule has 0 amide bonds. The molecular formula is C25H19F6N3. The first-order valence-corrected chi connectivity index (χ1v) is 10.3. The van der Waals surface area contributed by atoms with Crippen molar-refractivity contribution in [2.24, 2.45) is 0 Å². The van der Waals surface area contributed by atoms with Crippen LogP contribution in [0, 0.1) is 0 Å². The minimum atomic E-state index is -4.57. The predicted octanol–water partition coefficient (Wildman–Crippen LogP) is 7.24. The van der Waals surface area contributed by atoms with Gasteiger partial charge in [-0.25, -0.2) is 0 Å². The number of H-pyrrole nitrogens is 1. The Bertz CT molecular complexity index is 1250. The van der Waals surface area contributed by atoms with E-state index in [-0.39, 0.29) is 17.5 Å². The van der Waals surface area contributed by atoms with Crippen molar-refractivity contribution in [2.45, 2.75) is 24.8 Å². The smallest absolute Gasteiger partial charge is 0.374 e. The zero-order valence-corrected chi connectivity index (χ0v) is 17.6. The SMILES string of the molecule is FC(F)(F)c1ccccc1Cc1cccc(NC(c2cn[nH]c2)c2ccccc2C(F)(F)F)c1. The highest BCUT2D eigenvalue weighted by Crippen LogP contribution is 2.38. The molecule has 1 unspecified atom stereocenters. The summed E-state index contributed by atoms with van der Waals surface area (Å²) in [6.07, 6.45) is -6.12. The van der Waals surface area contributed by atoms with Gasteiger partial charge < -0.3 is 5.32 Å². The predicted molar refractivity (Wildman–Crippen MR) is 116 cm³/mol. The first-order valence-electron chi connectivity index (χ1n) is 10.3. The molecule has 1 atom stereocenters. The summed E-state index contributed by atoms with van der Waals surface area (Å²) in [6.45, 7) is 0. The lowest BCUT2D eigenvalue weighted by atomic mass is 9.95. The summed E-state index contributed by atoms with van der Waals surface area (Å²) in [6, 6.07) is 16.3. The van der Waals surface area contributed by atoms with Crippen molar-refractivity contribution in [1.29, 1.82) is 0 Å². The molecule has 9 heteroatoms. The van der Waals surface area contributed by atoms with Gasteiger partial charge in [-0.3, -0.25) is 5.10 Å². The lowest BCUT2D eigenvalue weighted by molar-refractivity contribution is -0.139. The normalized spacial score (nSPS) is 13.0. The van der Waals surface area contributed by atoms with Crippen LogP contribution in [0.2, 0.25) is 0 Å². The van der Waals surface area contributed by atoms with Crippen molar-refractivity contribution in [1.82, 2.24) is 10.2 Å². The monoisotopic (exact) mass is 475 g/mol. The van der Waals surface area contributed by atoms with Crippen LogP contribution in [-0.2, 0) is 18.8 Å². The molecule has 0 aliphatic carbocycles. The Labute approximate surface area is 191 Å². The molecule has 0 saturated heterocycles. The molecule has 0 spiro atoms. The van der Waals surface area contributed by atoms with Crippen molar-refractivity contribution in [3.05, 3.63) is 119 Å². The van der Waals surface area contributed by atoms with Crippen LogP contribution in [0.3, 0.4) is 0 Å². The Morgan fingerprint density at radius 3 is 2.15 bits per heavy atom. The van der Waals surface area contributed by atoms with Crippen molar-refractivity contribution >= 4 is 5.69 Å². The molecule has 0 aliphatic heterocycles. The van der Waals surface area contributed by atoms with E-state index in [2.05, 4.69) is 15.5 Å². The lowest BCUT2D eigenvalue weighted by Crippen LogP contribution is -2.18. The topological polar surface area (TPSA) is 40.7 Å². The highest BCUT2D eigenvalue weighted by atomic mass is 19.4. The number of anilines is 1. The van der Waals surface area contributed by atoms with Crippen LogP contribution in [0.15, 0.2) is 85.2 Å². The van der Waals surface area contributed by atoms with Gasteiger partial charge in [0, 0.05) is 17.4 Å². The van der Waals surface area contributed by atoms with E-state index in [0.717, 1.165) is 12.1 Å². The second kappa shape index (κ2) is 9.24. The van der Waals surface area contributed by atoms with Gasteiger partial charge in [-0.1, -0.05) is 48.5 Å². The molecule has 1 aromatic heterocycles. The number of aromatic amines is 1. The van der Waals surface area contributed by atoms with Gasteiger partial charge in [0.05, 0.1) is 23.4 Å². The number of alkyl halides is 6. The third-order valence-corrected chi connectivity index (χ3v) is 5.39. The van der Waals surface area contributed by atoms with Gasteiger partial charge in [0.2, 0.25) is 0 Å². The molecule has 176 valence electrons. The average molecular weight is 475 g/mol. The van der Waals surface area contributed by atoms with Crippen molar-refractivity contribution in [3.63, 3.8) is 0 Å². The van der Waals surface area contributed by atoms with Gasteiger partial charge in [-0.05, 0) is 47.4 Å². The van der Waals surface area contributed by atoms with Gasteiger partial charge in [0.25, 0.3) is 0 Å². The van der Waals surface area contributed by atoms with Crippen LogP contribution < -0.4 is 5.32 Å². The van der Waals surface area contributed by atoms with E-state index in [1.807, 2.05) is 0 Å². The molecule has 0 radical (unpaired) electrons. The Morgan fingerprint density at radius 1 is 0.794 bits per heavy atom. The molecule has 3 aromatic carbocycles. The molecule has 0 aliphatic rings. The van der Waals surface area contributed by atoms with Gasteiger partial charge in [-0.15, -0.1) is 0 Å². The van der Waals surface area contributed by atoms with Crippen molar-refractivity contribution < 1.29 is 26.3 Å². The number of benzene rings is 3. The summed E-state index contributed by atoms with van der Waals surface area (Å²) in [5, 5.41) is 9.56. The molecule has 0 saturated carbocycles. The second-order valence-electron chi connectivity index (χ2n) is 7.73. The molecule has 0 bridgehead atoms. The number of hydrogen-bond acceptors (Lipinski definition) is 2. The standard InChI is InChI=1S/C25H19F6N3/c26-24(27,28)21-10-3-1-7-17(21)12-16-6-5-8-19(13-16)34-23(18-14-32-33-15-18)20-9-2-4-11-22(20)25(29,30)31/h1-11,13-15,23,34H,12H2,(H,32,33). The summed E-state index contributed by atoms with van der Waals surface area (Å²) in [5.74, 6) is 0. The zero-order chi connectivity index (χ0) is 24.3. The van der Waals surface area contributed by atoms with Crippen LogP contribution in [-0.4, -0.2) is 10.2 Å². The van der Waals surface area contributed by atoms with Crippen LogP contribution in [0.1, 0.15) is 39.4 Å². The van der Waals surface area contributed by atoms with Crippen LogP contribution >= 0.6 is 0 Å². The van der Waals surface area contributed by atoms with E-state index in [9.17, 15) is 26.3 Å². The van der Waals surface area contributed by atoms with Crippen molar-refractivity contribution in [2.75, 3.05) is 5.32 Å². The number of aromatic nitrogens is 2. The largest absolute Gasteiger partial charge is 0.416 e. The first-order chi connectivity index (χ1) is 16.1. The maximum Gasteiger partial charge on any atom is 0.416 e. The van der Waals surface area contributed by atoms with E-state index in [4.69, 9.17) is 0 Å². The van der Waals surface area contributed by atoms with E-state index in [1.54, 1.807) is 24.3 Å². The molecular weight excluding hydrogens is 456 g/mol. The fourth-order valence-corrected chi connectivity index (χ4v) is 3.87. The van der Waals surface area contributed by atoms with E-state index in [0.29, 0.717) is 16.8 Å². The highest BCUT2D eigenvalue weighted by Gasteiger charge is 2.36. The van der Waals surface area contributed by atoms with Crippen LogP contribution in [0.4, 0.5) is 32.0 Å². The average Bonchev–Trinajstić information content (AvgIpc) is 3.31. The molecule has 34 heavy (non-hydrogen) atoms. The van der Waals surface area contributed by atoms with E-state index in [1.165, 1.54) is 48.8 Å². The van der Waals surface area contributed by atoms with E-state index < -0.39 is 29.5 Å². The number of rotatable bonds is 6. The fraction of sp³-hybridized carbons (Fsp3) is 0.160. The summed E-state index contributed by atoms with van der Waals surface area (Å²) in [4.78, 5) is 0. The fourth-order valence-electron chi connectivity index (χ4n) is 3.87. The van der Waals surface area contributed by atoms with Crippen LogP contribution in [0.25, 0.3) is 0 Å². The number of halogens is 6. The Balaban J connectivity index is 1.68. The third-order valence-electron chi connectivity index (χ3n) is 5.39. The summed E-state index contributed by atoms with van der Waals surface area (Å²) in [7, 11) is 0. The molecule has 0 fully saturated rings. The molecule has 4 rings (SSSR count). The summed E-state index contributed by atoms with van der Waals surface area (Å²) >= 11 is 0. The zero-order valence-electron chi connectivity index (χ0n) is 17.6. The maximum atomic E-state index is 13.7. The number of hydrogen-bond donors (Lipinski definition) is 2. The van der Waals surface area contributed by atoms with Gasteiger partial charge >= 0.3 is 12.4 Å². The Morgan fingerprint density at radius 2 is 1.47 bits per heavy atom. The van der Waals surface area contributed by atoms with E-state index >= 15 is 0 Å².